The lowest BCUT2D eigenvalue weighted by atomic mass is 10.1. The third-order valence-corrected chi connectivity index (χ3v) is 1.19. The van der Waals surface area contributed by atoms with Gasteiger partial charge in [-0.2, -0.15) is 5.26 Å². The first-order valence-electron chi connectivity index (χ1n) is 3.35. The number of nitrogens with zero attached hydrogens (tertiary/aromatic N) is 1. The summed E-state index contributed by atoms with van der Waals surface area (Å²) in [6.07, 6.45) is 0. The Morgan fingerprint density at radius 2 is 2.33 bits per heavy atom. The molecule has 4 heteroatoms. The van der Waals surface area contributed by atoms with Crippen molar-refractivity contribution in [2.24, 2.45) is 0 Å². The van der Waals surface area contributed by atoms with Crippen molar-refractivity contribution in [1.82, 2.24) is 5.32 Å². The monoisotopic (exact) mass is 166 g/mol. The molecule has 0 radical (unpaired) electrons. The van der Waals surface area contributed by atoms with Crippen molar-refractivity contribution in [2.75, 3.05) is 6.61 Å². The fraction of sp³-hybridized carbons (Fsp3) is 0.500. The molecule has 64 valence electrons. The van der Waals surface area contributed by atoms with Gasteiger partial charge < -0.3 is 10.4 Å². The number of aliphatic hydroxyl groups excluding tert-OH is 1. The molecule has 0 saturated carbocycles. The average molecular weight is 166 g/mol. The van der Waals surface area contributed by atoms with Gasteiger partial charge in [-0.1, -0.05) is 5.92 Å². The number of aliphatic hydroxyl groups is 1. The van der Waals surface area contributed by atoms with Crippen molar-refractivity contribution in [3.63, 3.8) is 0 Å². The molecule has 0 aliphatic rings. The minimum absolute atomic E-state index is 0.430. The van der Waals surface area contributed by atoms with E-state index in [1.54, 1.807) is 6.07 Å². The van der Waals surface area contributed by atoms with E-state index in [0.717, 1.165) is 0 Å². The molecule has 1 atom stereocenters. The number of amides is 1. The van der Waals surface area contributed by atoms with Crippen LogP contribution in [0.15, 0.2) is 0 Å². The molecule has 4 nitrogen and oxygen atoms in total. The summed E-state index contributed by atoms with van der Waals surface area (Å²) in [5.74, 6) is 4.03. The van der Waals surface area contributed by atoms with Crippen molar-refractivity contribution in [3.05, 3.63) is 0 Å². The molecular formula is C8H10N2O2. The summed E-state index contributed by atoms with van der Waals surface area (Å²) in [5.41, 5.74) is -1.24. The van der Waals surface area contributed by atoms with Crippen LogP contribution in [-0.2, 0) is 4.79 Å². The molecular weight excluding hydrogens is 156 g/mol. The average Bonchev–Trinajstić information content (AvgIpc) is 2.05. The lowest BCUT2D eigenvalue weighted by molar-refractivity contribution is -0.117. The Bertz CT molecular complexity index is 269. The molecule has 0 bridgehead atoms. The zero-order valence-electron chi connectivity index (χ0n) is 7.01. The van der Waals surface area contributed by atoms with E-state index < -0.39 is 18.1 Å². The highest BCUT2D eigenvalue weighted by molar-refractivity contribution is 5.94. The van der Waals surface area contributed by atoms with Gasteiger partial charge in [0.05, 0.1) is 12.7 Å². The van der Waals surface area contributed by atoms with Gasteiger partial charge in [-0.25, -0.2) is 0 Å². The SMILES string of the molecule is CC#CC(=O)NC(C)(C#N)CO. The molecule has 0 fully saturated rings. The first kappa shape index (κ1) is 10.5. The summed E-state index contributed by atoms with van der Waals surface area (Å²) in [6, 6.07) is 1.77. The van der Waals surface area contributed by atoms with E-state index in [2.05, 4.69) is 17.2 Å². The summed E-state index contributed by atoms with van der Waals surface area (Å²) >= 11 is 0. The van der Waals surface area contributed by atoms with Gasteiger partial charge >= 0.3 is 0 Å². The smallest absolute Gasteiger partial charge is 0.297 e. The summed E-state index contributed by atoms with van der Waals surface area (Å²) in [5, 5.41) is 19.5. The Balaban J connectivity index is 4.31. The van der Waals surface area contributed by atoms with Crippen molar-refractivity contribution in [3.8, 4) is 17.9 Å². The molecule has 0 aromatic carbocycles. The summed E-state index contributed by atoms with van der Waals surface area (Å²) in [7, 11) is 0. The summed E-state index contributed by atoms with van der Waals surface area (Å²) < 4.78 is 0. The highest BCUT2D eigenvalue weighted by atomic mass is 16.3. The molecule has 0 saturated heterocycles. The topological polar surface area (TPSA) is 73.1 Å². The van der Waals surface area contributed by atoms with E-state index in [-0.39, 0.29) is 0 Å². The maximum absolute atomic E-state index is 10.8. The zero-order valence-corrected chi connectivity index (χ0v) is 7.01. The van der Waals surface area contributed by atoms with Crippen LogP contribution < -0.4 is 5.32 Å². The van der Waals surface area contributed by atoms with E-state index in [4.69, 9.17) is 10.4 Å². The van der Waals surface area contributed by atoms with Crippen LogP contribution in [0.1, 0.15) is 13.8 Å². The lowest BCUT2D eigenvalue weighted by Gasteiger charge is -2.17. The van der Waals surface area contributed by atoms with Gasteiger partial charge in [-0.3, -0.25) is 4.79 Å². The molecule has 0 aliphatic carbocycles. The minimum atomic E-state index is -1.24. The van der Waals surface area contributed by atoms with E-state index in [9.17, 15) is 4.79 Å². The fourth-order valence-corrected chi connectivity index (χ4v) is 0.498. The minimum Gasteiger partial charge on any atom is -0.393 e. The quantitative estimate of drug-likeness (QED) is 0.538. The first-order chi connectivity index (χ1) is 5.58. The van der Waals surface area contributed by atoms with Gasteiger partial charge in [0.2, 0.25) is 0 Å². The molecule has 0 rings (SSSR count). The maximum atomic E-state index is 10.8. The second kappa shape index (κ2) is 4.38. The Morgan fingerprint density at radius 1 is 1.75 bits per heavy atom. The first-order valence-corrected chi connectivity index (χ1v) is 3.35. The second-order valence-electron chi connectivity index (χ2n) is 2.43. The number of nitriles is 1. The van der Waals surface area contributed by atoms with E-state index in [1.807, 2.05) is 0 Å². The van der Waals surface area contributed by atoms with Crippen molar-refractivity contribution in [1.29, 1.82) is 5.26 Å². The van der Waals surface area contributed by atoms with Gasteiger partial charge in [0.25, 0.3) is 5.91 Å². The molecule has 0 aromatic heterocycles. The predicted molar refractivity (Wildman–Crippen MR) is 42.7 cm³/mol. The standard InChI is InChI=1S/C8H10N2O2/c1-3-4-7(12)10-8(2,5-9)6-11/h11H,6H2,1-2H3,(H,10,12). The lowest BCUT2D eigenvalue weighted by Crippen LogP contribution is -2.47. The van der Waals surface area contributed by atoms with Gasteiger partial charge in [0.15, 0.2) is 0 Å². The molecule has 12 heavy (non-hydrogen) atoms. The summed E-state index contributed by atoms with van der Waals surface area (Å²) in [4.78, 5) is 10.8. The molecule has 0 heterocycles. The number of nitrogens with one attached hydrogen (secondary N) is 1. The fourth-order valence-electron chi connectivity index (χ4n) is 0.498. The van der Waals surface area contributed by atoms with Crippen molar-refractivity contribution in [2.45, 2.75) is 19.4 Å². The highest BCUT2D eigenvalue weighted by Crippen LogP contribution is 1.98. The van der Waals surface area contributed by atoms with E-state index in [0.29, 0.717) is 0 Å². The molecule has 0 aliphatic heterocycles. The zero-order chi connectivity index (χ0) is 9.61. The number of carbonyl (C=O) groups excluding carboxylic acids is 1. The second-order valence-corrected chi connectivity index (χ2v) is 2.43. The van der Waals surface area contributed by atoms with Crippen LogP contribution in [-0.4, -0.2) is 23.2 Å². The molecule has 0 spiro atoms. The molecule has 0 aromatic rings. The van der Waals surface area contributed by atoms with E-state index in [1.165, 1.54) is 13.8 Å². The Kier molecular flexibility index (Phi) is 3.82. The number of hydrogen-bond donors (Lipinski definition) is 2. The molecule has 1 unspecified atom stereocenters. The summed E-state index contributed by atoms with van der Waals surface area (Å²) in [6.45, 7) is 2.51. The van der Waals surface area contributed by atoms with Crippen molar-refractivity contribution >= 4 is 5.91 Å². The third kappa shape index (κ3) is 3.05. The van der Waals surface area contributed by atoms with Crippen molar-refractivity contribution < 1.29 is 9.90 Å². The van der Waals surface area contributed by atoms with Gasteiger partial charge in [-0.15, -0.1) is 0 Å². The highest BCUT2D eigenvalue weighted by Gasteiger charge is 2.23. The van der Waals surface area contributed by atoms with Crippen LogP contribution >= 0.6 is 0 Å². The van der Waals surface area contributed by atoms with Gasteiger partial charge in [0, 0.05) is 0 Å². The van der Waals surface area contributed by atoms with E-state index >= 15 is 0 Å². The normalized spacial score (nSPS) is 13.2. The predicted octanol–water partition coefficient (Wildman–Crippen LogP) is -0.600. The number of rotatable bonds is 2. The van der Waals surface area contributed by atoms with Crippen LogP contribution in [0.3, 0.4) is 0 Å². The van der Waals surface area contributed by atoms with Gasteiger partial charge in [0.1, 0.15) is 5.54 Å². The van der Waals surface area contributed by atoms with Gasteiger partial charge in [-0.05, 0) is 19.8 Å². The van der Waals surface area contributed by atoms with Crippen LogP contribution in [0.25, 0.3) is 0 Å². The molecule has 1 amide bonds. The number of hydrogen-bond acceptors (Lipinski definition) is 3. The van der Waals surface area contributed by atoms with Crippen LogP contribution in [0.4, 0.5) is 0 Å². The van der Waals surface area contributed by atoms with Crippen LogP contribution in [0.5, 0.6) is 0 Å². The Morgan fingerprint density at radius 3 is 2.67 bits per heavy atom. The van der Waals surface area contributed by atoms with Crippen LogP contribution in [0, 0.1) is 23.2 Å². The Labute approximate surface area is 71.2 Å². The number of carbonyl (C=O) groups is 1. The van der Waals surface area contributed by atoms with Crippen LogP contribution in [0.2, 0.25) is 0 Å². The Hall–Kier alpha value is -1.52. The molecule has 2 N–H and O–H groups in total. The maximum Gasteiger partial charge on any atom is 0.297 e. The largest absolute Gasteiger partial charge is 0.393 e. The third-order valence-electron chi connectivity index (χ3n) is 1.19.